The van der Waals surface area contributed by atoms with Crippen molar-refractivity contribution in [2.45, 2.75) is 18.3 Å². The molecule has 0 bridgehead atoms. The monoisotopic (exact) mass is 324 g/mol. The minimum atomic E-state index is -0.921. The van der Waals surface area contributed by atoms with Gasteiger partial charge in [-0.05, 0) is 15.9 Å². The summed E-state index contributed by atoms with van der Waals surface area (Å²) < 4.78 is 5.10. The first-order chi connectivity index (χ1) is 8.45. The van der Waals surface area contributed by atoms with Gasteiger partial charge in [-0.15, -0.1) is 0 Å². The van der Waals surface area contributed by atoms with Crippen molar-refractivity contribution in [2.75, 3.05) is 13.2 Å². The molecule has 1 aliphatic rings. The summed E-state index contributed by atoms with van der Waals surface area (Å²) in [5, 5.41) is 26.2. The van der Waals surface area contributed by atoms with Crippen LogP contribution in [0.3, 0.4) is 0 Å². The van der Waals surface area contributed by atoms with Gasteiger partial charge in [0.2, 0.25) is 0 Å². The Balaban J connectivity index is 0.000000180. The third-order valence-electron chi connectivity index (χ3n) is 2.21. The highest BCUT2D eigenvalue weighted by molar-refractivity contribution is 9.10. The van der Waals surface area contributed by atoms with Gasteiger partial charge in [-0.25, -0.2) is 4.79 Å². The van der Waals surface area contributed by atoms with Crippen molar-refractivity contribution in [1.82, 2.24) is 9.97 Å². The summed E-state index contributed by atoms with van der Waals surface area (Å²) in [4.78, 5) is 25.1. The van der Waals surface area contributed by atoms with E-state index in [-0.39, 0.29) is 13.2 Å². The molecule has 0 aromatic carbocycles. The van der Waals surface area contributed by atoms with Gasteiger partial charge in [0, 0.05) is 6.20 Å². The Hall–Kier alpha value is -1.00. The number of aliphatic hydroxyl groups is 3. The molecular weight excluding hydrogens is 312 g/mol. The smallest absolute Gasteiger partial charge is 0.325 e. The van der Waals surface area contributed by atoms with Crippen LogP contribution in [-0.2, 0) is 4.74 Å². The van der Waals surface area contributed by atoms with Gasteiger partial charge < -0.3 is 25.0 Å². The average molecular weight is 325 g/mol. The van der Waals surface area contributed by atoms with E-state index in [4.69, 9.17) is 20.1 Å². The molecular formula is C9H13BrN2O6. The molecule has 8 nitrogen and oxygen atoms in total. The summed E-state index contributed by atoms with van der Waals surface area (Å²) in [6, 6.07) is 0. The maximum Gasteiger partial charge on any atom is 0.325 e. The lowest BCUT2D eigenvalue weighted by atomic mass is 10.2. The Morgan fingerprint density at radius 1 is 1.44 bits per heavy atom. The van der Waals surface area contributed by atoms with E-state index in [1.165, 1.54) is 6.20 Å². The molecule has 5 N–H and O–H groups in total. The summed E-state index contributed by atoms with van der Waals surface area (Å²) in [6.45, 7) is -0.120. The number of nitrogens with one attached hydrogen (secondary N) is 2. The number of aromatic nitrogens is 2. The molecule has 1 aromatic rings. The predicted octanol–water partition coefficient (Wildman–Crippen LogP) is -2.08. The molecule has 0 radical (unpaired) electrons. The van der Waals surface area contributed by atoms with Crippen LogP contribution < -0.4 is 11.2 Å². The third-order valence-corrected chi connectivity index (χ3v) is 2.80. The van der Waals surface area contributed by atoms with Crippen LogP contribution in [0.25, 0.3) is 0 Å². The van der Waals surface area contributed by atoms with Gasteiger partial charge in [-0.3, -0.25) is 9.78 Å². The molecule has 1 aromatic heterocycles. The highest BCUT2D eigenvalue weighted by Gasteiger charge is 2.33. The topological polar surface area (TPSA) is 136 Å². The van der Waals surface area contributed by atoms with Crippen molar-refractivity contribution in [2.24, 2.45) is 0 Å². The number of hydrogen-bond donors (Lipinski definition) is 5. The lowest BCUT2D eigenvalue weighted by Gasteiger charge is -2.10. The number of rotatable bonds is 1. The van der Waals surface area contributed by atoms with Crippen LogP contribution in [0.5, 0.6) is 0 Å². The lowest BCUT2D eigenvalue weighted by molar-refractivity contribution is -0.00588. The molecule has 102 valence electrons. The standard InChI is InChI=1S/C5H10O4.C4H3BrN2O2/c6-1-4-5(8)3(7)2-9-4;5-2-1-6-4(9)7-3(2)8/h3-8H,1-2H2;1H,(H2,6,7,8,9)/t3-,4+,5-;/m0./s1. The van der Waals surface area contributed by atoms with Crippen LogP contribution in [0.2, 0.25) is 0 Å². The highest BCUT2D eigenvalue weighted by atomic mass is 79.9. The fourth-order valence-electron chi connectivity index (χ4n) is 1.22. The molecule has 1 aliphatic heterocycles. The summed E-state index contributed by atoms with van der Waals surface area (Å²) in [5.41, 5.74) is -0.915. The van der Waals surface area contributed by atoms with Gasteiger partial charge >= 0.3 is 5.69 Å². The fraction of sp³-hybridized carbons (Fsp3) is 0.556. The van der Waals surface area contributed by atoms with Crippen molar-refractivity contribution in [3.63, 3.8) is 0 Å². The van der Waals surface area contributed by atoms with Gasteiger partial charge in [0.25, 0.3) is 5.56 Å². The van der Waals surface area contributed by atoms with Gasteiger partial charge in [0.15, 0.2) is 0 Å². The van der Waals surface area contributed by atoms with Gasteiger partial charge in [0.1, 0.15) is 18.3 Å². The van der Waals surface area contributed by atoms with E-state index in [9.17, 15) is 9.59 Å². The van der Waals surface area contributed by atoms with Gasteiger partial charge in [-0.2, -0.15) is 0 Å². The zero-order valence-corrected chi connectivity index (χ0v) is 10.8. The van der Waals surface area contributed by atoms with Crippen molar-refractivity contribution in [3.8, 4) is 0 Å². The zero-order chi connectivity index (χ0) is 13.7. The maximum absolute atomic E-state index is 10.5. The molecule has 0 unspecified atom stereocenters. The average Bonchev–Trinajstić information content (AvgIpc) is 2.66. The van der Waals surface area contributed by atoms with E-state index in [2.05, 4.69) is 20.9 Å². The van der Waals surface area contributed by atoms with E-state index >= 15 is 0 Å². The van der Waals surface area contributed by atoms with Crippen molar-refractivity contribution < 1.29 is 20.1 Å². The molecule has 2 heterocycles. The second-order valence-electron chi connectivity index (χ2n) is 3.53. The van der Waals surface area contributed by atoms with E-state index in [1.54, 1.807) is 0 Å². The number of hydrogen-bond acceptors (Lipinski definition) is 6. The number of ether oxygens (including phenoxy) is 1. The quantitative estimate of drug-likeness (QED) is 0.402. The summed E-state index contributed by atoms with van der Waals surface area (Å²) in [7, 11) is 0. The second kappa shape index (κ2) is 6.81. The molecule has 1 saturated heterocycles. The van der Waals surface area contributed by atoms with Crippen LogP contribution in [0.1, 0.15) is 0 Å². The molecule has 0 amide bonds. The van der Waals surface area contributed by atoms with E-state index in [0.29, 0.717) is 4.47 Å². The van der Waals surface area contributed by atoms with Crippen LogP contribution in [0.4, 0.5) is 0 Å². The minimum absolute atomic E-state index is 0.117. The van der Waals surface area contributed by atoms with Crippen molar-refractivity contribution >= 4 is 15.9 Å². The van der Waals surface area contributed by atoms with Crippen LogP contribution in [0.15, 0.2) is 20.3 Å². The van der Waals surface area contributed by atoms with E-state index in [0.717, 1.165) is 0 Å². The fourth-order valence-corrected chi connectivity index (χ4v) is 1.43. The zero-order valence-electron chi connectivity index (χ0n) is 9.17. The van der Waals surface area contributed by atoms with Gasteiger partial charge in [-0.1, -0.05) is 0 Å². The molecule has 2 rings (SSSR count). The minimum Gasteiger partial charge on any atom is -0.394 e. The summed E-state index contributed by atoms with van der Waals surface area (Å²) in [6.07, 6.45) is -1.06. The molecule has 0 spiro atoms. The Morgan fingerprint density at radius 2 is 2.11 bits per heavy atom. The normalized spacial score (nSPS) is 26.6. The van der Waals surface area contributed by atoms with Crippen LogP contribution in [0, 0.1) is 0 Å². The molecule has 9 heteroatoms. The maximum atomic E-state index is 10.5. The Bertz CT molecular complexity index is 486. The first-order valence-electron chi connectivity index (χ1n) is 5.01. The summed E-state index contributed by atoms with van der Waals surface area (Å²) >= 11 is 2.92. The number of aliphatic hydroxyl groups excluding tert-OH is 3. The third kappa shape index (κ3) is 4.03. The predicted molar refractivity (Wildman–Crippen MR) is 64.2 cm³/mol. The lowest BCUT2D eigenvalue weighted by Crippen LogP contribution is -2.31. The highest BCUT2D eigenvalue weighted by Crippen LogP contribution is 2.12. The van der Waals surface area contributed by atoms with Crippen molar-refractivity contribution in [3.05, 3.63) is 31.5 Å². The largest absolute Gasteiger partial charge is 0.394 e. The molecule has 0 aliphatic carbocycles. The Kier molecular flexibility index (Phi) is 5.69. The SMILES string of the molecule is O=c1[nH]cc(Br)c(=O)[nH]1.OC[C@H]1OC[C@H](O)[C@@H]1O. The van der Waals surface area contributed by atoms with Crippen LogP contribution in [-0.4, -0.2) is 56.8 Å². The Morgan fingerprint density at radius 3 is 2.44 bits per heavy atom. The number of H-pyrrole nitrogens is 2. The van der Waals surface area contributed by atoms with Gasteiger partial charge in [0.05, 0.1) is 17.7 Å². The molecule has 0 saturated carbocycles. The second-order valence-corrected chi connectivity index (χ2v) is 4.39. The molecule has 3 atom stereocenters. The Labute approximate surface area is 109 Å². The van der Waals surface area contributed by atoms with Crippen LogP contribution >= 0.6 is 15.9 Å². The summed E-state index contributed by atoms with van der Waals surface area (Å²) in [5.74, 6) is 0. The van der Waals surface area contributed by atoms with E-state index in [1.807, 2.05) is 4.98 Å². The number of aromatic amines is 2. The first-order valence-corrected chi connectivity index (χ1v) is 5.81. The molecule has 18 heavy (non-hydrogen) atoms. The first kappa shape index (κ1) is 15.1. The molecule has 1 fully saturated rings. The van der Waals surface area contributed by atoms with E-state index < -0.39 is 29.6 Å². The van der Waals surface area contributed by atoms with Crippen molar-refractivity contribution in [1.29, 1.82) is 0 Å². The number of halogens is 1.